The third-order valence-electron chi connectivity index (χ3n) is 2.58. The molecule has 34 heavy (non-hydrogen) atoms. The van der Waals surface area contributed by atoms with Gasteiger partial charge in [-0.05, 0) is 0 Å². The average molecular weight is 523 g/mol. The summed E-state index contributed by atoms with van der Waals surface area (Å²) < 4.78 is 91.3. The molecule has 0 fully saturated rings. The molecule has 0 bridgehead atoms. The minimum atomic E-state index is -2.27. The van der Waals surface area contributed by atoms with Gasteiger partial charge >= 0.3 is 142 Å². The first-order valence-corrected chi connectivity index (χ1v) is 8.67. The molecule has 24 heteroatoms. The summed E-state index contributed by atoms with van der Waals surface area (Å²) in [5.41, 5.74) is 0. The second kappa shape index (κ2) is 18.3. The fourth-order valence-corrected chi connectivity index (χ4v) is 2.36. The molecule has 0 aliphatic carbocycles. The Labute approximate surface area is 202 Å². The van der Waals surface area contributed by atoms with Gasteiger partial charge in [-0.3, -0.25) is 0 Å². The number of fused-ring (bicyclic) bond motifs is 1. The molecule has 0 atom stereocenters. The van der Waals surface area contributed by atoms with Crippen LogP contribution in [-0.2, 0) is 0 Å². The van der Waals surface area contributed by atoms with E-state index in [0.717, 1.165) is 0 Å². The van der Waals surface area contributed by atoms with Gasteiger partial charge in [0, 0.05) is 0 Å². The van der Waals surface area contributed by atoms with E-state index in [2.05, 4.69) is 0 Å². The van der Waals surface area contributed by atoms with Crippen LogP contribution < -0.4 is 2.81 Å². The topological polar surface area (TPSA) is 243 Å². The second-order valence-corrected chi connectivity index (χ2v) is 5.96. The van der Waals surface area contributed by atoms with Crippen molar-refractivity contribution >= 4 is 70.8 Å². The summed E-state index contributed by atoms with van der Waals surface area (Å²) in [7, 11) is -8.67. The monoisotopic (exact) mass is 524 g/mol. The van der Waals surface area contributed by atoms with Crippen LogP contribution in [0.5, 0.6) is 0 Å². The van der Waals surface area contributed by atoms with E-state index in [0.29, 0.717) is 0 Å². The van der Waals surface area contributed by atoms with Crippen LogP contribution in [0.15, 0.2) is 0 Å². The van der Waals surface area contributed by atoms with Gasteiger partial charge < -0.3 is 60.3 Å². The normalized spacial score (nSPS) is 9.21. The maximum absolute atomic E-state index is 13.4. The third-order valence-corrected chi connectivity index (χ3v) is 3.52. The molecule has 2 aromatic carbocycles. The molecule has 0 unspecified atom stereocenters. The van der Waals surface area contributed by atoms with E-state index in [4.69, 9.17) is 60.3 Å². The molecular weight excluding hydrogens is 511 g/mol. The van der Waals surface area contributed by atoms with Crippen molar-refractivity contribution in [3.8, 4) is 0 Å². The van der Waals surface area contributed by atoms with Crippen molar-refractivity contribution in [3.63, 3.8) is 0 Å². The van der Waals surface area contributed by atoms with E-state index in [-0.39, 0.29) is 27.9 Å². The second-order valence-electron chi connectivity index (χ2n) is 4.96. The fourth-order valence-electron chi connectivity index (χ4n) is 1.67. The first kappa shape index (κ1) is 37.5. The summed E-state index contributed by atoms with van der Waals surface area (Å²) in [5.74, 6) is -14.3. The minimum Gasteiger partial charge on any atom is -0.402 e. The standard InChI is InChI=1S/C10F7.4BH3O3.Na/c11-3-1-2-4(7(14)6(3)13)8(15)10(17)9(16)5(2)12;4*2-1(3)4;/h;4*2-4H;. The van der Waals surface area contributed by atoms with Crippen molar-refractivity contribution in [2.75, 3.05) is 0 Å². The maximum Gasteiger partial charge on any atom is 0.631 e. The van der Waals surface area contributed by atoms with Crippen LogP contribution in [0.25, 0.3) is 10.8 Å². The zero-order valence-electron chi connectivity index (χ0n) is 16.3. The van der Waals surface area contributed by atoms with Gasteiger partial charge in [0.25, 0.3) is 0 Å². The van der Waals surface area contributed by atoms with E-state index in [1.54, 1.807) is 0 Å². The zero-order chi connectivity index (χ0) is 28.1. The van der Waals surface area contributed by atoms with Crippen LogP contribution in [-0.4, -0.2) is 118 Å². The number of halogens is 7. The van der Waals surface area contributed by atoms with Gasteiger partial charge in [0.05, 0.1) is 0 Å². The van der Waals surface area contributed by atoms with E-state index >= 15 is 0 Å². The van der Waals surface area contributed by atoms with Gasteiger partial charge in [-0.1, -0.05) is 0 Å². The minimum absolute atomic E-state index is 0.349. The van der Waals surface area contributed by atoms with Gasteiger partial charge in [0.2, 0.25) is 0 Å². The molecule has 0 aromatic heterocycles. The Morgan fingerprint density at radius 1 is 0.353 bits per heavy atom. The van der Waals surface area contributed by atoms with Crippen molar-refractivity contribution in [1.29, 1.82) is 0 Å². The molecule has 12 nitrogen and oxygen atoms in total. The molecular formula is C10H12B4F7NaO12. The van der Waals surface area contributed by atoms with Crippen molar-refractivity contribution < 1.29 is 91.0 Å². The van der Waals surface area contributed by atoms with E-state index < -0.39 is 83.6 Å². The third kappa shape index (κ3) is 15.1. The van der Waals surface area contributed by atoms with Crippen LogP contribution >= 0.6 is 0 Å². The molecule has 0 radical (unpaired) electrons. The Morgan fingerprint density at radius 2 is 0.529 bits per heavy atom. The largest absolute Gasteiger partial charge is 0.631 e. The molecule has 0 amide bonds. The Kier molecular flexibility index (Phi) is 20.2. The molecule has 0 aliphatic rings. The zero-order valence-corrected chi connectivity index (χ0v) is 18.3. The Bertz CT molecular complexity index is 751. The van der Waals surface area contributed by atoms with Crippen LogP contribution in [0.2, 0.25) is 0 Å². The molecule has 2 aromatic rings. The van der Waals surface area contributed by atoms with E-state index in [1.165, 1.54) is 0 Å². The first-order valence-electron chi connectivity index (χ1n) is 7.67. The van der Waals surface area contributed by atoms with Crippen LogP contribution in [0, 0.1) is 40.7 Å². The Hall–Kier alpha value is -1.01. The smallest absolute Gasteiger partial charge is 0.402 e. The summed E-state index contributed by atoms with van der Waals surface area (Å²) in [5, 5.41) is 83.5. The van der Waals surface area contributed by atoms with Gasteiger partial charge in [0.1, 0.15) is 0 Å². The van der Waals surface area contributed by atoms with Gasteiger partial charge in [-0.2, -0.15) is 0 Å². The number of benzene rings is 2. The van der Waals surface area contributed by atoms with E-state index in [1.807, 2.05) is 0 Å². The summed E-state index contributed by atoms with van der Waals surface area (Å²) in [6.45, 7) is 0. The molecule has 0 saturated heterocycles. The molecule has 12 N–H and O–H groups in total. The fraction of sp³-hybridized carbons (Fsp3) is 0. The van der Waals surface area contributed by atoms with Crippen molar-refractivity contribution in [1.82, 2.24) is 0 Å². The van der Waals surface area contributed by atoms with Gasteiger partial charge in [-0.25, -0.2) is 0 Å². The SMILES string of the molecule is Fc1c(F)c(F)c2[c]([Na])c(F)c(F)c(F)c2c1F.OB(O)O.OB(O)O.OB(O)O.OB(O)O. The number of hydrogen-bond acceptors (Lipinski definition) is 12. The van der Waals surface area contributed by atoms with Gasteiger partial charge in [-0.15, -0.1) is 0 Å². The first-order chi connectivity index (χ1) is 15.2. The predicted octanol–water partition coefficient (Wildman–Crippen LogP) is -5.60. The molecule has 0 heterocycles. The van der Waals surface area contributed by atoms with Crippen LogP contribution in [0.4, 0.5) is 30.7 Å². The van der Waals surface area contributed by atoms with Crippen LogP contribution in [0.3, 0.4) is 0 Å². The number of hydrogen-bond donors (Lipinski definition) is 12. The van der Waals surface area contributed by atoms with Gasteiger partial charge in [0.15, 0.2) is 0 Å². The molecule has 2 rings (SSSR count). The predicted molar refractivity (Wildman–Crippen MR) is 98.7 cm³/mol. The number of rotatable bonds is 0. The summed E-state index contributed by atoms with van der Waals surface area (Å²) in [6.07, 6.45) is 0. The molecule has 0 spiro atoms. The Morgan fingerprint density at radius 3 is 0.765 bits per heavy atom. The summed E-state index contributed by atoms with van der Waals surface area (Å²) in [4.78, 5) is 0. The van der Waals surface area contributed by atoms with Crippen molar-refractivity contribution in [2.24, 2.45) is 0 Å². The van der Waals surface area contributed by atoms with Crippen LogP contribution in [0.1, 0.15) is 0 Å². The summed E-state index contributed by atoms with van der Waals surface area (Å²) in [6, 6.07) is 0. The molecule has 186 valence electrons. The summed E-state index contributed by atoms with van der Waals surface area (Å²) >= 11 is -0.349. The van der Waals surface area contributed by atoms with E-state index in [9.17, 15) is 30.7 Å². The van der Waals surface area contributed by atoms with Crippen molar-refractivity contribution in [3.05, 3.63) is 40.7 Å². The van der Waals surface area contributed by atoms with Crippen molar-refractivity contribution in [2.45, 2.75) is 0 Å². The Balaban J connectivity index is -0.000000492. The quantitative estimate of drug-likeness (QED) is 0.0669. The molecule has 0 aliphatic heterocycles. The average Bonchev–Trinajstić information content (AvgIpc) is 2.64. The maximum atomic E-state index is 13.4. The molecule has 0 saturated carbocycles.